The van der Waals surface area contributed by atoms with E-state index in [4.69, 9.17) is 17.2 Å². The summed E-state index contributed by atoms with van der Waals surface area (Å²) in [4.78, 5) is 20.9. The number of aromatic nitrogens is 1. The Morgan fingerprint density at radius 2 is 2.00 bits per heavy atom. The van der Waals surface area contributed by atoms with E-state index in [1.54, 1.807) is 11.3 Å². The molecule has 0 radical (unpaired) electrons. The Kier molecular flexibility index (Phi) is 5.11. The summed E-state index contributed by atoms with van der Waals surface area (Å²) in [5.74, 6) is -0.115. The maximum atomic E-state index is 12.0. The Morgan fingerprint density at radius 1 is 1.17 bits per heavy atom. The molecule has 2 aromatic heterocycles. The molecule has 0 aliphatic carbocycles. The lowest BCUT2D eigenvalue weighted by Gasteiger charge is -2.31. The van der Waals surface area contributed by atoms with Gasteiger partial charge in [-0.05, 0) is 48.4 Å². The molecule has 3 aromatic rings. The van der Waals surface area contributed by atoms with Crippen molar-refractivity contribution in [2.45, 2.75) is 19.3 Å². The molecule has 7 heteroatoms. The van der Waals surface area contributed by atoms with E-state index in [1.807, 2.05) is 18.3 Å². The molecule has 1 N–H and O–H groups in total. The van der Waals surface area contributed by atoms with Gasteiger partial charge in [-0.2, -0.15) is 0 Å². The Balaban J connectivity index is 1.58. The first-order chi connectivity index (χ1) is 14.2. The summed E-state index contributed by atoms with van der Waals surface area (Å²) in [6, 6.07) is 10.5. The number of hydrogen-bond donors (Lipinski definition) is 1. The zero-order valence-electron chi connectivity index (χ0n) is 15.7. The predicted molar refractivity (Wildman–Crippen MR) is 127 cm³/mol. The Hall–Kier alpha value is -2.22. The first kappa shape index (κ1) is 18.8. The normalized spacial score (nSPS) is 18.6. The van der Waals surface area contributed by atoms with Gasteiger partial charge in [0.15, 0.2) is 0 Å². The van der Waals surface area contributed by atoms with Gasteiger partial charge in [-0.15, -0.1) is 11.3 Å². The van der Waals surface area contributed by atoms with Crippen LogP contribution in [0.1, 0.15) is 24.1 Å². The topological polar surface area (TPSA) is 45.2 Å². The van der Waals surface area contributed by atoms with Crippen molar-refractivity contribution >= 4 is 68.2 Å². The number of carbonyl (C=O) groups excluding carboxylic acids is 1. The number of thiocarbonyl (C=S) groups is 1. The number of thioether (sulfide) groups is 1. The smallest absolute Gasteiger partial charge is 0.263 e. The average molecular weight is 438 g/mol. The molecular formula is C22H19N3OS3. The maximum Gasteiger partial charge on any atom is 0.263 e. The van der Waals surface area contributed by atoms with Gasteiger partial charge in [-0.25, -0.2) is 0 Å². The van der Waals surface area contributed by atoms with E-state index in [0.29, 0.717) is 9.23 Å². The van der Waals surface area contributed by atoms with Gasteiger partial charge in [0.25, 0.3) is 5.91 Å². The molecule has 0 spiro atoms. The first-order valence-electron chi connectivity index (χ1n) is 9.65. The lowest BCUT2D eigenvalue weighted by Crippen LogP contribution is -2.30. The minimum Gasteiger partial charge on any atom is -0.370 e. The highest BCUT2D eigenvalue weighted by Crippen LogP contribution is 2.40. The van der Waals surface area contributed by atoms with Crippen molar-refractivity contribution in [1.29, 1.82) is 0 Å². The van der Waals surface area contributed by atoms with E-state index in [2.05, 4.69) is 39.9 Å². The molecular weight excluding hydrogens is 418 g/mol. The van der Waals surface area contributed by atoms with Gasteiger partial charge in [0.1, 0.15) is 4.32 Å². The van der Waals surface area contributed by atoms with E-state index in [-0.39, 0.29) is 5.91 Å². The van der Waals surface area contributed by atoms with E-state index in [1.165, 1.54) is 42.1 Å². The number of thiophene rings is 1. The van der Waals surface area contributed by atoms with E-state index in [0.717, 1.165) is 34.6 Å². The predicted octanol–water partition coefficient (Wildman–Crippen LogP) is 5.44. The second-order valence-electron chi connectivity index (χ2n) is 7.18. The number of benzene rings is 1. The number of pyridine rings is 1. The zero-order valence-corrected chi connectivity index (χ0v) is 18.1. The fourth-order valence-corrected chi connectivity index (χ4v) is 5.86. The lowest BCUT2D eigenvalue weighted by atomic mass is 10.0. The molecule has 0 unspecified atom stereocenters. The quantitative estimate of drug-likeness (QED) is 0.436. The molecule has 2 aliphatic heterocycles. The van der Waals surface area contributed by atoms with Gasteiger partial charge in [0, 0.05) is 35.1 Å². The second-order valence-corrected chi connectivity index (χ2v) is 9.84. The monoisotopic (exact) mass is 437 g/mol. The SMILES string of the molecule is O=C1NC(=S)S/C1=C\c1cc(-c2cnc3ccccc3c2N2CCCCC2)cs1. The van der Waals surface area contributed by atoms with Crippen LogP contribution in [0, 0.1) is 0 Å². The summed E-state index contributed by atoms with van der Waals surface area (Å²) < 4.78 is 0.518. The Bertz CT molecular complexity index is 1150. The number of anilines is 1. The fraction of sp³-hybridized carbons (Fsp3) is 0.227. The van der Waals surface area contributed by atoms with Gasteiger partial charge in [-0.3, -0.25) is 9.78 Å². The molecule has 146 valence electrons. The molecule has 5 rings (SSSR count). The van der Waals surface area contributed by atoms with Gasteiger partial charge in [0.2, 0.25) is 0 Å². The highest BCUT2D eigenvalue weighted by Gasteiger charge is 2.23. The summed E-state index contributed by atoms with van der Waals surface area (Å²) in [6.45, 7) is 2.16. The summed E-state index contributed by atoms with van der Waals surface area (Å²) in [5.41, 5.74) is 4.61. The van der Waals surface area contributed by atoms with Crippen LogP contribution in [0.15, 0.2) is 46.8 Å². The molecule has 4 heterocycles. The molecule has 2 saturated heterocycles. The average Bonchev–Trinajstić information content (AvgIpc) is 3.33. The van der Waals surface area contributed by atoms with Gasteiger partial charge in [0.05, 0.1) is 16.1 Å². The number of rotatable bonds is 3. The number of amides is 1. The highest BCUT2D eigenvalue weighted by atomic mass is 32.2. The fourth-order valence-electron chi connectivity index (χ4n) is 3.92. The molecule has 29 heavy (non-hydrogen) atoms. The van der Waals surface area contributed by atoms with Crippen LogP contribution in [-0.2, 0) is 4.79 Å². The second kappa shape index (κ2) is 7.89. The third kappa shape index (κ3) is 3.70. The largest absolute Gasteiger partial charge is 0.370 e. The number of nitrogens with zero attached hydrogens (tertiary/aromatic N) is 2. The first-order valence-corrected chi connectivity index (χ1v) is 11.8. The van der Waals surface area contributed by atoms with E-state index >= 15 is 0 Å². The number of carbonyl (C=O) groups is 1. The lowest BCUT2D eigenvalue weighted by molar-refractivity contribution is -0.115. The van der Waals surface area contributed by atoms with Crippen molar-refractivity contribution in [3.63, 3.8) is 0 Å². The third-order valence-electron chi connectivity index (χ3n) is 5.27. The molecule has 4 nitrogen and oxygen atoms in total. The van der Waals surface area contributed by atoms with Crippen molar-refractivity contribution in [2.75, 3.05) is 18.0 Å². The standard InChI is InChI=1S/C22H19N3OS3/c26-21-19(29-22(27)24-21)11-15-10-14(13-28-15)17-12-23-18-7-3-2-6-16(18)20(17)25-8-4-1-5-9-25/h2-3,6-7,10-13H,1,4-5,8-9H2,(H,24,26,27)/b19-11-. The minimum absolute atomic E-state index is 0.115. The van der Waals surface area contributed by atoms with Crippen LogP contribution in [-0.4, -0.2) is 28.3 Å². The number of piperidine rings is 1. The van der Waals surface area contributed by atoms with Crippen molar-refractivity contribution in [3.05, 3.63) is 51.7 Å². The van der Waals surface area contributed by atoms with Crippen LogP contribution in [0.4, 0.5) is 5.69 Å². The molecule has 0 atom stereocenters. The summed E-state index contributed by atoms with van der Waals surface area (Å²) in [5, 5.41) is 6.03. The number of nitrogens with one attached hydrogen (secondary N) is 1. The minimum atomic E-state index is -0.115. The summed E-state index contributed by atoms with van der Waals surface area (Å²) in [6.07, 6.45) is 7.67. The summed E-state index contributed by atoms with van der Waals surface area (Å²) >= 11 is 8.04. The Labute approximate surface area is 183 Å². The van der Waals surface area contributed by atoms with Crippen molar-refractivity contribution in [2.24, 2.45) is 0 Å². The van der Waals surface area contributed by atoms with Gasteiger partial charge >= 0.3 is 0 Å². The van der Waals surface area contributed by atoms with E-state index < -0.39 is 0 Å². The van der Waals surface area contributed by atoms with E-state index in [9.17, 15) is 4.79 Å². The van der Waals surface area contributed by atoms with Crippen molar-refractivity contribution < 1.29 is 4.79 Å². The molecule has 1 aromatic carbocycles. The van der Waals surface area contributed by atoms with Crippen molar-refractivity contribution in [3.8, 4) is 11.1 Å². The molecule has 0 saturated carbocycles. The highest BCUT2D eigenvalue weighted by molar-refractivity contribution is 8.26. The van der Waals surface area contributed by atoms with Crippen LogP contribution < -0.4 is 10.2 Å². The number of fused-ring (bicyclic) bond motifs is 1. The van der Waals surface area contributed by atoms with Crippen LogP contribution in [0.5, 0.6) is 0 Å². The third-order valence-corrected chi connectivity index (χ3v) is 7.31. The molecule has 0 bridgehead atoms. The Morgan fingerprint density at radius 3 is 2.79 bits per heavy atom. The van der Waals surface area contributed by atoms with Gasteiger partial charge in [-0.1, -0.05) is 42.2 Å². The maximum absolute atomic E-state index is 12.0. The molecule has 2 fully saturated rings. The van der Waals surface area contributed by atoms with Crippen LogP contribution in [0.3, 0.4) is 0 Å². The van der Waals surface area contributed by atoms with Crippen LogP contribution in [0.25, 0.3) is 28.1 Å². The van der Waals surface area contributed by atoms with Gasteiger partial charge < -0.3 is 10.2 Å². The van der Waals surface area contributed by atoms with Crippen LogP contribution >= 0.6 is 35.3 Å². The molecule has 1 amide bonds. The molecule has 2 aliphatic rings. The van der Waals surface area contributed by atoms with Crippen molar-refractivity contribution in [1.82, 2.24) is 10.3 Å². The van der Waals surface area contributed by atoms with Crippen LogP contribution in [0.2, 0.25) is 0 Å². The zero-order chi connectivity index (χ0) is 19.8. The number of para-hydroxylation sites is 1. The summed E-state index contributed by atoms with van der Waals surface area (Å²) in [7, 11) is 0. The number of hydrogen-bond acceptors (Lipinski definition) is 6.